The summed E-state index contributed by atoms with van der Waals surface area (Å²) in [5.41, 5.74) is 8.46. The van der Waals surface area contributed by atoms with Gasteiger partial charge in [0.2, 0.25) is 0 Å². The summed E-state index contributed by atoms with van der Waals surface area (Å²) in [7, 11) is 0. The van der Waals surface area contributed by atoms with Crippen LogP contribution in [0.3, 0.4) is 0 Å². The molecular formula is C28H12Br2N4S4Se2. The molecule has 12 heteroatoms. The summed E-state index contributed by atoms with van der Waals surface area (Å²) in [6.45, 7) is 0. The Kier molecular flexibility index (Phi) is 6.92. The Balaban J connectivity index is 1.20. The van der Waals surface area contributed by atoms with Gasteiger partial charge in [0.25, 0.3) is 0 Å². The van der Waals surface area contributed by atoms with Gasteiger partial charge >= 0.3 is 277 Å². The van der Waals surface area contributed by atoms with Gasteiger partial charge in [0, 0.05) is 0 Å². The van der Waals surface area contributed by atoms with Crippen molar-refractivity contribution in [3.05, 3.63) is 80.4 Å². The fraction of sp³-hybridized carbons (Fsp3) is 0. The van der Waals surface area contributed by atoms with Crippen LogP contribution in [0.1, 0.15) is 0 Å². The van der Waals surface area contributed by atoms with E-state index in [0.717, 1.165) is 51.9 Å². The van der Waals surface area contributed by atoms with E-state index in [4.69, 9.17) is 15.9 Å². The zero-order valence-electron chi connectivity index (χ0n) is 19.9. The zero-order chi connectivity index (χ0) is 26.8. The minimum absolute atomic E-state index is 0.148. The number of aromatic nitrogens is 4. The summed E-state index contributed by atoms with van der Waals surface area (Å²) in [4.78, 5) is 7.51. The molecule has 0 aliphatic carbocycles. The molecule has 6 aromatic heterocycles. The third-order valence-electron chi connectivity index (χ3n) is 6.50. The molecule has 8 rings (SSSR count). The van der Waals surface area contributed by atoms with Crippen molar-refractivity contribution >= 4 is 129 Å². The fourth-order valence-corrected chi connectivity index (χ4v) is 12.1. The maximum absolute atomic E-state index is 4.90. The normalized spacial score (nSPS) is 11.8. The Bertz CT molecular complexity index is 2030. The number of benzene rings is 2. The van der Waals surface area contributed by atoms with Gasteiger partial charge in [-0.25, -0.2) is 0 Å². The van der Waals surface area contributed by atoms with Gasteiger partial charge in [-0.1, -0.05) is 0 Å². The summed E-state index contributed by atoms with van der Waals surface area (Å²) in [5, 5.41) is 0. The monoisotopic (exact) mass is 850 g/mol. The van der Waals surface area contributed by atoms with Crippen molar-refractivity contribution in [1.82, 2.24) is 15.9 Å². The van der Waals surface area contributed by atoms with Crippen LogP contribution in [0.25, 0.3) is 73.6 Å². The fourth-order valence-electron chi connectivity index (χ4n) is 4.69. The molecular weight excluding hydrogens is 838 g/mol. The summed E-state index contributed by atoms with van der Waals surface area (Å²) in [5.74, 6) is 0. The topological polar surface area (TPSA) is 51.6 Å². The van der Waals surface area contributed by atoms with E-state index in [2.05, 4.69) is 105 Å². The molecule has 0 saturated carbocycles. The molecule has 0 spiro atoms. The number of rotatable bonds is 5. The van der Waals surface area contributed by atoms with Gasteiger partial charge in [-0.05, 0) is 0 Å². The van der Waals surface area contributed by atoms with Gasteiger partial charge in [-0.2, -0.15) is 0 Å². The van der Waals surface area contributed by atoms with Crippen LogP contribution < -0.4 is 0 Å². The number of hydrogen-bond donors (Lipinski definition) is 0. The molecule has 0 saturated heterocycles. The Morgan fingerprint density at radius 2 is 0.700 bits per heavy atom. The summed E-state index contributed by atoms with van der Waals surface area (Å²) < 4.78 is 21.9. The first-order chi connectivity index (χ1) is 19.6. The number of fused-ring (bicyclic) bond motifs is 2. The molecule has 8 aromatic rings. The molecule has 0 aliphatic rings. The molecule has 194 valence electrons. The van der Waals surface area contributed by atoms with Crippen molar-refractivity contribution in [3.63, 3.8) is 0 Å². The van der Waals surface area contributed by atoms with Crippen LogP contribution in [0, 0.1) is 0 Å². The van der Waals surface area contributed by atoms with Gasteiger partial charge in [0.05, 0.1) is 0 Å². The molecule has 0 atom stereocenters. The van der Waals surface area contributed by atoms with E-state index in [1.54, 1.807) is 45.3 Å². The van der Waals surface area contributed by atoms with E-state index in [9.17, 15) is 0 Å². The predicted octanol–water partition coefficient (Wildman–Crippen LogP) is 9.79. The van der Waals surface area contributed by atoms with E-state index in [-0.39, 0.29) is 29.9 Å². The van der Waals surface area contributed by atoms with Crippen LogP contribution in [0.2, 0.25) is 0 Å². The SMILES string of the molecule is Brc1ccc(-c2ccc(-c3ccc(-c4ccc(-c5ccc(-c6ccc(Br)s6)s5)c5n[se]nc45)c4n[se]nc34)s2)s1. The maximum atomic E-state index is 4.90. The molecule has 2 aromatic carbocycles. The first-order valence-corrected chi connectivity index (χ1v) is 19.8. The van der Waals surface area contributed by atoms with Crippen LogP contribution in [-0.4, -0.2) is 45.8 Å². The third-order valence-corrected chi connectivity index (χ3v) is 14.6. The average Bonchev–Trinajstić information content (AvgIpc) is 3.80. The molecule has 0 fully saturated rings. The Morgan fingerprint density at radius 1 is 0.375 bits per heavy atom. The first kappa shape index (κ1) is 26.1. The molecule has 6 heterocycles. The van der Waals surface area contributed by atoms with E-state index in [1.165, 1.54) is 29.3 Å². The second-order valence-electron chi connectivity index (χ2n) is 8.78. The molecule has 0 unspecified atom stereocenters. The van der Waals surface area contributed by atoms with Gasteiger partial charge in [-0.3, -0.25) is 0 Å². The van der Waals surface area contributed by atoms with Crippen molar-refractivity contribution in [2.24, 2.45) is 0 Å². The van der Waals surface area contributed by atoms with E-state index in [0.29, 0.717) is 0 Å². The van der Waals surface area contributed by atoms with Gasteiger partial charge in [0.1, 0.15) is 0 Å². The Morgan fingerprint density at radius 3 is 1.10 bits per heavy atom. The van der Waals surface area contributed by atoms with Crippen LogP contribution >= 0.6 is 77.2 Å². The minimum atomic E-state index is -0.148. The van der Waals surface area contributed by atoms with Crippen molar-refractivity contribution in [2.45, 2.75) is 0 Å². The molecule has 0 aliphatic heterocycles. The summed E-state index contributed by atoms with van der Waals surface area (Å²) in [6.07, 6.45) is 0. The third kappa shape index (κ3) is 4.54. The Hall–Kier alpha value is -1.56. The summed E-state index contributed by atoms with van der Waals surface area (Å²) >= 11 is 14.0. The van der Waals surface area contributed by atoms with E-state index in [1.807, 2.05) is 0 Å². The molecule has 0 radical (unpaired) electrons. The molecule has 0 amide bonds. The number of thiophene rings is 4. The summed E-state index contributed by atoms with van der Waals surface area (Å²) in [6, 6.07) is 26.2. The number of nitrogens with zero attached hydrogens (tertiary/aromatic N) is 4. The van der Waals surface area contributed by atoms with Crippen molar-refractivity contribution < 1.29 is 0 Å². The van der Waals surface area contributed by atoms with Gasteiger partial charge in [0.15, 0.2) is 0 Å². The molecule has 0 N–H and O–H groups in total. The van der Waals surface area contributed by atoms with Crippen LogP contribution in [0.15, 0.2) is 80.4 Å². The molecule has 4 nitrogen and oxygen atoms in total. The second-order valence-corrected chi connectivity index (χ2v) is 18.1. The first-order valence-electron chi connectivity index (χ1n) is 11.8. The van der Waals surface area contributed by atoms with Crippen LogP contribution in [0.4, 0.5) is 0 Å². The standard InChI is InChI=1S/C28H12Br2N4S4Se2/c29-23-11-9-21(37-23)19-7-5-17(35-19)15-3-1-13(25-27(15)33-39-31-25)14-2-4-16(28-26(14)32-40-34-28)18-6-8-20(36-18)22-10-12-24(30)38-22/h1-12H. The van der Waals surface area contributed by atoms with Gasteiger partial charge in [-0.15, -0.1) is 0 Å². The van der Waals surface area contributed by atoms with Crippen molar-refractivity contribution in [2.75, 3.05) is 0 Å². The zero-order valence-corrected chi connectivity index (χ0v) is 29.8. The number of halogens is 2. The molecule has 0 bridgehead atoms. The average molecular weight is 850 g/mol. The van der Waals surface area contributed by atoms with E-state index < -0.39 is 0 Å². The predicted molar refractivity (Wildman–Crippen MR) is 181 cm³/mol. The quantitative estimate of drug-likeness (QED) is 0.162. The van der Waals surface area contributed by atoms with Crippen LogP contribution in [0.5, 0.6) is 0 Å². The van der Waals surface area contributed by atoms with E-state index >= 15 is 0 Å². The van der Waals surface area contributed by atoms with Crippen molar-refractivity contribution in [1.29, 1.82) is 0 Å². The van der Waals surface area contributed by atoms with Crippen LogP contribution in [-0.2, 0) is 0 Å². The second kappa shape index (κ2) is 10.6. The van der Waals surface area contributed by atoms with Crippen molar-refractivity contribution in [3.8, 4) is 51.5 Å². The molecule has 40 heavy (non-hydrogen) atoms. The number of hydrogen-bond acceptors (Lipinski definition) is 8. The van der Waals surface area contributed by atoms with Gasteiger partial charge < -0.3 is 0 Å². The Labute approximate surface area is 274 Å².